The van der Waals surface area contributed by atoms with Crippen LogP contribution in [0.5, 0.6) is 0 Å². The maximum Gasteiger partial charge on any atom is 0.224 e. The molecule has 0 spiro atoms. The van der Waals surface area contributed by atoms with Gasteiger partial charge in [0.25, 0.3) is 0 Å². The normalized spacial score (nSPS) is 10.7. The largest absolute Gasteiger partial charge is 0.368 e. The van der Waals surface area contributed by atoms with Gasteiger partial charge in [-0.2, -0.15) is 9.67 Å². The topological polar surface area (TPSA) is 56.7 Å². The van der Waals surface area contributed by atoms with Crippen molar-refractivity contribution >= 4 is 29.3 Å². The Kier molecular flexibility index (Phi) is 3.02. The van der Waals surface area contributed by atoms with Crippen LogP contribution >= 0.6 is 23.4 Å². The van der Waals surface area contributed by atoms with Crippen molar-refractivity contribution < 1.29 is 4.39 Å². The molecule has 0 radical (unpaired) electrons. The van der Waals surface area contributed by atoms with Crippen LogP contribution < -0.4 is 5.73 Å². The first-order valence-electron chi connectivity index (χ1n) is 4.34. The van der Waals surface area contributed by atoms with Gasteiger partial charge < -0.3 is 5.73 Å². The lowest BCUT2D eigenvalue weighted by Gasteiger charge is -2.05. The third-order valence-corrected chi connectivity index (χ3v) is 2.79. The number of para-hydroxylation sites is 1. The lowest BCUT2D eigenvalue weighted by molar-refractivity contribution is 0.610. The molecule has 4 nitrogen and oxygen atoms in total. The van der Waals surface area contributed by atoms with Gasteiger partial charge in [-0.15, -0.1) is 5.10 Å². The molecule has 16 heavy (non-hydrogen) atoms. The molecule has 2 rings (SSSR count). The van der Waals surface area contributed by atoms with Crippen molar-refractivity contribution in [2.24, 2.45) is 0 Å². The second kappa shape index (κ2) is 4.31. The van der Waals surface area contributed by atoms with E-state index in [1.807, 2.05) is 6.26 Å². The molecule has 2 aromatic rings. The number of thioether (sulfide) groups is 1. The number of anilines is 1. The Bertz CT molecular complexity index is 508. The van der Waals surface area contributed by atoms with E-state index in [9.17, 15) is 4.39 Å². The van der Waals surface area contributed by atoms with E-state index in [0.717, 1.165) is 0 Å². The number of rotatable bonds is 2. The minimum atomic E-state index is -0.489. The number of aromatic nitrogens is 3. The zero-order chi connectivity index (χ0) is 11.7. The van der Waals surface area contributed by atoms with Crippen LogP contribution in [-0.2, 0) is 0 Å². The molecule has 0 aliphatic carbocycles. The highest BCUT2D eigenvalue weighted by molar-refractivity contribution is 7.98. The standard InChI is InChI=1S/C9H8ClFN4S/c1-16-9-13-8(12)15(14-9)7-5(10)3-2-4-6(7)11/h2-4H,1H3,(H2,12,13,14). The van der Waals surface area contributed by atoms with Gasteiger partial charge in [-0.05, 0) is 18.4 Å². The molecule has 0 aliphatic heterocycles. The number of nitrogens with two attached hydrogens (primary N) is 1. The molecule has 1 heterocycles. The lowest BCUT2D eigenvalue weighted by atomic mass is 10.3. The monoisotopic (exact) mass is 258 g/mol. The van der Waals surface area contributed by atoms with Gasteiger partial charge in [0.05, 0.1) is 5.02 Å². The first-order chi connectivity index (χ1) is 7.63. The van der Waals surface area contributed by atoms with Gasteiger partial charge in [0.15, 0.2) is 5.82 Å². The minimum Gasteiger partial charge on any atom is -0.368 e. The zero-order valence-corrected chi connectivity index (χ0v) is 9.89. The SMILES string of the molecule is CSc1nc(N)n(-c2c(F)cccc2Cl)n1. The van der Waals surface area contributed by atoms with Gasteiger partial charge in [0.1, 0.15) is 5.69 Å². The third kappa shape index (κ3) is 1.85. The Hall–Kier alpha value is -1.27. The van der Waals surface area contributed by atoms with E-state index < -0.39 is 5.82 Å². The summed E-state index contributed by atoms with van der Waals surface area (Å²) in [5.41, 5.74) is 5.76. The van der Waals surface area contributed by atoms with E-state index >= 15 is 0 Å². The van der Waals surface area contributed by atoms with Crippen LogP contribution in [0.25, 0.3) is 5.69 Å². The van der Waals surface area contributed by atoms with Crippen LogP contribution in [0.2, 0.25) is 5.02 Å². The maximum atomic E-state index is 13.6. The van der Waals surface area contributed by atoms with Crippen molar-refractivity contribution in [3.8, 4) is 5.69 Å². The predicted molar refractivity (Wildman–Crippen MR) is 62.5 cm³/mol. The summed E-state index contributed by atoms with van der Waals surface area (Å²) in [6, 6.07) is 4.38. The number of benzene rings is 1. The van der Waals surface area contributed by atoms with Crippen LogP contribution in [0.15, 0.2) is 23.4 Å². The zero-order valence-electron chi connectivity index (χ0n) is 8.32. The molecule has 0 fully saturated rings. The molecule has 1 aromatic heterocycles. The highest BCUT2D eigenvalue weighted by atomic mass is 35.5. The van der Waals surface area contributed by atoms with Crippen molar-refractivity contribution in [3.63, 3.8) is 0 Å². The molecule has 2 N–H and O–H groups in total. The first-order valence-corrected chi connectivity index (χ1v) is 5.94. The fourth-order valence-electron chi connectivity index (χ4n) is 1.25. The molecule has 0 unspecified atom stereocenters. The number of hydrogen-bond acceptors (Lipinski definition) is 4. The first kappa shape index (κ1) is 11.2. The van der Waals surface area contributed by atoms with Gasteiger partial charge in [0.2, 0.25) is 11.1 Å². The summed E-state index contributed by atoms with van der Waals surface area (Å²) in [5.74, 6) is -0.381. The van der Waals surface area contributed by atoms with Crippen LogP contribution in [0.1, 0.15) is 0 Å². The molecule has 0 aliphatic rings. The number of halogens is 2. The van der Waals surface area contributed by atoms with Gasteiger partial charge in [-0.1, -0.05) is 29.4 Å². The lowest BCUT2D eigenvalue weighted by Crippen LogP contribution is -2.05. The van der Waals surface area contributed by atoms with E-state index in [-0.39, 0.29) is 16.7 Å². The molecule has 0 saturated carbocycles. The molecule has 0 amide bonds. The van der Waals surface area contributed by atoms with Gasteiger partial charge in [-0.25, -0.2) is 4.39 Å². The van der Waals surface area contributed by atoms with Crippen molar-refractivity contribution in [1.29, 1.82) is 0 Å². The second-order valence-electron chi connectivity index (χ2n) is 2.94. The summed E-state index contributed by atoms with van der Waals surface area (Å²) in [5, 5.41) is 4.75. The summed E-state index contributed by atoms with van der Waals surface area (Å²) < 4.78 is 14.8. The average Bonchev–Trinajstić information content (AvgIpc) is 2.60. The van der Waals surface area contributed by atoms with Gasteiger partial charge >= 0.3 is 0 Å². The molecular formula is C9H8ClFN4S. The van der Waals surface area contributed by atoms with Crippen molar-refractivity contribution in [1.82, 2.24) is 14.8 Å². The molecule has 84 valence electrons. The molecule has 0 atom stereocenters. The number of nitrogens with zero attached hydrogens (tertiary/aromatic N) is 3. The van der Waals surface area contributed by atoms with Crippen molar-refractivity contribution in [2.75, 3.05) is 12.0 Å². The van der Waals surface area contributed by atoms with E-state index in [0.29, 0.717) is 5.16 Å². The highest BCUT2D eigenvalue weighted by Crippen LogP contribution is 2.25. The quantitative estimate of drug-likeness (QED) is 0.841. The predicted octanol–water partition coefficient (Wildman–Crippen LogP) is 2.36. The average molecular weight is 259 g/mol. The molecular weight excluding hydrogens is 251 g/mol. The van der Waals surface area contributed by atoms with Crippen LogP contribution in [-0.4, -0.2) is 21.0 Å². The fraction of sp³-hybridized carbons (Fsp3) is 0.111. The van der Waals surface area contributed by atoms with Crippen LogP contribution in [0.3, 0.4) is 0 Å². The van der Waals surface area contributed by atoms with Gasteiger partial charge in [0, 0.05) is 0 Å². The van der Waals surface area contributed by atoms with Crippen LogP contribution in [0, 0.1) is 5.82 Å². The van der Waals surface area contributed by atoms with E-state index in [1.54, 1.807) is 6.07 Å². The Morgan fingerprint density at radius 2 is 2.25 bits per heavy atom. The van der Waals surface area contributed by atoms with E-state index in [1.165, 1.54) is 28.6 Å². The smallest absolute Gasteiger partial charge is 0.224 e. The second-order valence-corrected chi connectivity index (χ2v) is 4.12. The molecule has 7 heteroatoms. The molecule has 0 saturated heterocycles. The van der Waals surface area contributed by atoms with E-state index in [4.69, 9.17) is 17.3 Å². The summed E-state index contributed by atoms with van der Waals surface area (Å²) in [4.78, 5) is 3.96. The molecule has 0 bridgehead atoms. The Morgan fingerprint density at radius 1 is 1.50 bits per heavy atom. The maximum absolute atomic E-state index is 13.6. The van der Waals surface area contributed by atoms with Crippen LogP contribution in [0.4, 0.5) is 10.3 Å². The minimum absolute atomic E-state index is 0.108. The summed E-state index contributed by atoms with van der Waals surface area (Å²) in [6.45, 7) is 0. The van der Waals surface area contributed by atoms with Crippen molar-refractivity contribution in [2.45, 2.75) is 5.16 Å². The Labute approximate surface area is 101 Å². The van der Waals surface area contributed by atoms with E-state index in [2.05, 4.69) is 10.1 Å². The number of hydrogen-bond donors (Lipinski definition) is 1. The highest BCUT2D eigenvalue weighted by Gasteiger charge is 2.15. The fourth-order valence-corrected chi connectivity index (χ4v) is 1.84. The summed E-state index contributed by atoms with van der Waals surface area (Å²) >= 11 is 7.22. The molecule has 1 aromatic carbocycles. The Balaban J connectivity index is 2.62. The Morgan fingerprint density at radius 3 is 2.81 bits per heavy atom. The van der Waals surface area contributed by atoms with Crippen molar-refractivity contribution in [3.05, 3.63) is 29.0 Å². The van der Waals surface area contributed by atoms with Gasteiger partial charge in [-0.3, -0.25) is 0 Å². The third-order valence-electron chi connectivity index (χ3n) is 1.94. The number of nitrogen functional groups attached to an aromatic ring is 1. The summed E-state index contributed by atoms with van der Waals surface area (Å²) in [6.07, 6.45) is 1.81. The summed E-state index contributed by atoms with van der Waals surface area (Å²) in [7, 11) is 0.